The summed E-state index contributed by atoms with van der Waals surface area (Å²) in [5, 5.41) is 7.00. The van der Waals surface area contributed by atoms with Crippen molar-refractivity contribution in [3.05, 3.63) is 129 Å². The molecule has 0 unspecified atom stereocenters. The predicted molar refractivity (Wildman–Crippen MR) is 166 cm³/mol. The molecule has 0 bridgehead atoms. The predicted octanol–water partition coefficient (Wildman–Crippen LogP) is 7.47. The molecule has 7 nitrogen and oxygen atoms in total. The fourth-order valence-corrected chi connectivity index (χ4v) is 5.39. The van der Waals surface area contributed by atoms with E-state index in [1.165, 1.54) is 10.2 Å². The maximum absolute atomic E-state index is 13.8. The minimum atomic E-state index is -0.284. The molecule has 0 saturated heterocycles. The van der Waals surface area contributed by atoms with Crippen LogP contribution in [0.15, 0.2) is 122 Å². The van der Waals surface area contributed by atoms with E-state index in [0.717, 1.165) is 26.3 Å². The monoisotopic (exact) mass is 602 g/mol. The van der Waals surface area contributed by atoms with Gasteiger partial charge in [-0.1, -0.05) is 64.5 Å². The van der Waals surface area contributed by atoms with Crippen LogP contribution in [0.3, 0.4) is 0 Å². The molecule has 0 N–H and O–H groups in total. The number of halogens is 1. The van der Waals surface area contributed by atoms with Gasteiger partial charge in [-0.25, -0.2) is 4.98 Å². The highest BCUT2D eigenvalue weighted by molar-refractivity contribution is 9.10. The van der Waals surface area contributed by atoms with Gasteiger partial charge in [0, 0.05) is 33.7 Å². The van der Waals surface area contributed by atoms with Crippen molar-refractivity contribution >= 4 is 54.9 Å². The average molecular weight is 603 g/mol. The third-order valence-corrected chi connectivity index (χ3v) is 7.64. The van der Waals surface area contributed by atoms with Gasteiger partial charge >= 0.3 is 0 Å². The number of ether oxygens (including phenoxy) is 1. The zero-order chi connectivity index (χ0) is 27.9. The molecule has 0 atom stereocenters. The van der Waals surface area contributed by atoms with Gasteiger partial charge in [0.05, 0.1) is 29.6 Å². The summed E-state index contributed by atoms with van der Waals surface area (Å²) in [6, 6.07) is 31.1. The molecular formula is C33H23BrN4O3. The molecule has 3 heterocycles. The summed E-state index contributed by atoms with van der Waals surface area (Å²) in [6.45, 7) is 0.700. The molecule has 0 radical (unpaired) electrons. The highest BCUT2D eigenvalue weighted by atomic mass is 79.9. The van der Waals surface area contributed by atoms with Crippen LogP contribution in [-0.4, -0.2) is 27.6 Å². The van der Waals surface area contributed by atoms with Crippen LogP contribution in [0.5, 0.6) is 5.75 Å². The maximum Gasteiger partial charge on any atom is 0.282 e. The van der Waals surface area contributed by atoms with E-state index in [4.69, 9.17) is 19.2 Å². The van der Waals surface area contributed by atoms with Gasteiger partial charge in [-0.05, 0) is 54.1 Å². The first-order chi connectivity index (χ1) is 20.1. The minimum absolute atomic E-state index is 0.284. The number of para-hydroxylation sites is 2. The van der Waals surface area contributed by atoms with Crippen molar-refractivity contribution in [1.29, 1.82) is 0 Å². The number of fused-ring (bicyclic) bond motifs is 3. The van der Waals surface area contributed by atoms with E-state index in [1.807, 2.05) is 66.7 Å². The van der Waals surface area contributed by atoms with E-state index >= 15 is 0 Å². The Hall–Kier alpha value is -4.95. The number of nitrogens with zero attached hydrogens (tertiary/aromatic N) is 4. The Morgan fingerprint density at radius 3 is 2.54 bits per heavy atom. The molecule has 0 aliphatic heterocycles. The van der Waals surface area contributed by atoms with E-state index in [9.17, 15) is 4.79 Å². The number of methoxy groups -OCH3 is 1. The number of hydrogen-bond acceptors (Lipinski definition) is 5. The van der Waals surface area contributed by atoms with Crippen molar-refractivity contribution in [2.45, 2.75) is 6.54 Å². The maximum atomic E-state index is 13.8. The van der Waals surface area contributed by atoms with Crippen LogP contribution in [0.4, 0.5) is 0 Å². The van der Waals surface area contributed by atoms with Gasteiger partial charge in [-0.3, -0.25) is 4.79 Å². The molecule has 0 saturated carbocycles. The zero-order valence-corrected chi connectivity index (χ0v) is 23.6. The van der Waals surface area contributed by atoms with Crippen molar-refractivity contribution < 1.29 is 9.15 Å². The molecular weight excluding hydrogens is 580 g/mol. The average Bonchev–Trinajstić information content (AvgIpc) is 3.59. The number of rotatable bonds is 6. The van der Waals surface area contributed by atoms with E-state index in [0.29, 0.717) is 40.4 Å². The molecule has 7 aromatic rings. The van der Waals surface area contributed by atoms with E-state index in [2.05, 4.69) is 51.0 Å². The van der Waals surface area contributed by atoms with Gasteiger partial charge in [0.2, 0.25) is 5.82 Å². The topological polar surface area (TPSA) is 74.6 Å². The van der Waals surface area contributed by atoms with E-state index in [-0.39, 0.29) is 5.56 Å². The fourth-order valence-electron chi connectivity index (χ4n) is 5.13. The van der Waals surface area contributed by atoms with Gasteiger partial charge in [-0.15, -0.1) is 0 Å². The second-order valence-corrected chi connectivity index (χ2v) is 10.6. The van der Waals surface area contributed by atoms with Gasteiger partial charge in [0.15, 0.2) is 5.76 Å². The molecule has 0 aliphatic carbocycles. The number of hydrogen-bond donors (Lipinski definition) is 0. The molecule has 4 aromatic carbocycles. The summed E-state index contributed by atoms with van der Waals surface area (Å²) in [7, 11) is 1.61. The Kier molecular flexibility index (Phi) is 6.24. The van der Waals surface area contributed by atoms with Crippen LogP contribution in [0, 0.1) is 0 Å². The standard InChI is InChI=1S/C33H23BrN4O3/c1-40-29-11-6-12-30-26(29)17-31(41-30)32-36-27-9-4-2-8-25(27)33(39)38(32)35-18-22-20-37(28-10-5-3-7-24(22)28)19-21-13-15-23(34)16-14-21/h2-18,20H,19H2,1H3. The van der Waals surface area contributed by atoms with Crippen molar-refractivity contribution in [3.63, 3.8) is 0 Å². The second kappa shape index (κ2) is 10.2. The third-order valence-electron chi connectivity index (χ3n) is 7.11. The van der Waals surface area contributed by atoms with Crippen molar-refractivity contribution in [1.82, 2.24) is 14.2 Å². The molecule has 0 spiro atoms. The summed E-state index contributed by atoms with van der Waals surface area (Å²) in [5.74, 6) is 1.40. The van der Waals surface area contributed by atoms with E-state index in [1.54, 1.807) is 19.4 Å². The third kappa shape index (κ3) is 4.52. The highest BCUT2D eigenvalue weighted by Crippen LogP contribution is 2.33. The van der Waals surface area contributed by atoms with Gasteiger partial charge < -0.3 is 13.7 Å². The molecule has 0 fully saturated rings. The fraction of sp³-hybridized carbons (Fsp3) is 0.0606. The van der Waals surface area contributed by atoms with Gasteiger partial charge in [-0.2, -0.15) is 9.78 Å². The van der Waals surface area contributed by atoms with Crippen LogP contribution in [0.25, 0.3) is 44.4 Å². The molecule has 41 heavy (non-hydrogen) atoms. The van der Waals surface area contributed by atoms with Crippen LogP contribution >= 0.6 is 15.9 Å². The Bertz CT molecular complexity index is 2160. The Morgan fingerprint density at radius 1 is 0.927 bits per heavy atom. The largest absolute Gasteiger partial charge is 0.496 e. The normalized spacial score (nSPS) is 11.8. The van der Waals surface area contributed by atoms with Crippen LogP contribution in [0.1, 0.15) is 11.1 Å². The summed E-state index contributed by atoms with van der Waals surface area (Å²) in [5.41, 5.74) is 4.05. The number of aromatic nitrogens is 3. The second-order valence-electron chi connectivity index (χ2n) is 9.65. The Labute approximate surface area is 243 Å². The van der Waals surface area contributed by atoms with Crippen LogP contribution < -0.4 is 10.3 Å². The van der Waals surface area contributed by atoms with Crippen molar-refractivity contribution in [2.24, 2.45) is 5.10 Å². The van der Waals surface area contributed by atoms with Crippen molar-refractivity contribution in [3.8, 4) is 17.3 Å². The molecule has 8 heteroatoms. The molecule has 200 valence electrons. The van der Waals surface area contributed by atoms with Gasteiger partial charge in [0.1, 0.15) is 11.3 Å². The van der Waals surface area contributed by atoms with Gasteiger partial charge in [0.25, 0.3) is 5.56 Å². The number of benzene rings is 4. The lowest BCUT2D eigenvalue weighted by atomic mass is 10.2. The number of furan rings is 1. The highest BCUT2D eigenvalue weighted by Gasteiger charge is 2.18. The quantitative estimate of drug-likeness (QED) is 0.185. The first kappa shape index (κ1) is 25.0. The lowest BCUT2D eigenvalue weighted by molar-refractivity contribution is 0.419. The molecule has 7 rings (SSSR count). The lowest BCUT2D eigenvalue weighted by Gasteiger charge is -2.07. The first-order valence-corrected chi connectivity index (χ1v) is 13.8. The zero-order valence-electron chi connectivity index (χ0n) is 22.0. The Morgan fingerprint density at radius 2 is 1.71 bits per heavy atom. The summed E-state index contributed by atoms with van der Waals surface area (Å²) < 4.78 is 16.2. The molecule has 0 amide bonds. The van der Waals surface area contributed by atoms with Crippen molar-refractivity contribution in [2.75, 3.05) is 7.11 Å². The lowest BCUT2D eigenvalue weighted by Crippen LogP contribution is -2.20. The molecule has 0 aliphatic rings. The molecule has 3 aromatic heterocycles. The minimum Gasteiger partial charge on any atom is -0.496 e. The van der Waals surface area contributed by atoms with E-state index < -0.39 is 0 Å². The summed E-state index contributed by atoms with van der Waals surface area (Å²) in [6.07, 6.45) is 3.77. The smallest absolute Gasteiger partial charge is 0.282 e. The Balaban J connectivity index is 1.38. The summed E-state index contributed by atoms with van der Waals surface area (Å²) in [4.78, 5) is 18.6. The van der Waals surface area contributed by atoms with Crippen LogP contribution in [0.2, 0.25) is 0 Å². The SMILES string of the molecule is COc1cccc2oc(-c3nc4ccccc4c(=O)n3N=Cc3cn(Cc4ccc(Br)cc4)c4ccccc34)cc12. The summed E-state index contributed by atoms with van der Waals surface area (Å²) >= 11 is 3.51. The van der Waals surface area contributed by atoms with Crippen LogP contribution in [-0.2, 0) is 6.54 Å². The first-order valence-electron chi connectivity index (χ1n) is 13.0.